The topological polar surface area (TPSA) is 290 Å². The molecule has 5 amide bonds. The van der Waals surface area contributed by atoms with Crippen LogP contribution in [0.25, 0.3) is 11.1 Å². The Bertz CT molecular complexity index is 1400. The van der Waals surface area contributed by atoms with Crippen molar-refractivity contribution in [3.05, 3.63) is 59.1 Å². The van der Waals surface area contributed by atoms with Crippen LogP contribution in [0.3, 0.4) is 0 Å². The Kier molecular flexibility index (Phi) is 17.1. The maximum Gasteiger partial charge on any atom is 0.490 e. The van der Waals surface area contributed by atoms with E-state index in [1.54, 1.807) is 36.4 Å². The van der Waals surface area contributed by atoms with Gasteiger partial charge >= 0.3 is 7.12 Å². The van der Waals surface area contributed by atoms with Crippen molar-refractivity contribution in [3.8, 4) is 11.1 Å². The summed E-state index contributed by atoms with van der Waals surface area (Å²) >= 11 is 5.96. The van der Waals surface area contributed by atoms with Crippen LogP contribution >= 0.6 is 11.6 Å². The lowest BCUT2D eigenvalue weighted by atomic mass is 9.86. The molecule has 0 aliphatic heterocycles. The predicted molar refractivity (Wildman–Crippen MR) is 186 cm³/mol. The predicted octanol–water partition coefficient (Wildman–Crippen LogP) is -1.98. The van der Waals surface area contributed by atoms with Crippen LogP contribution in [0.15, 0.2) is 48.5 Å². The molecule has 0 aliphatic rings. The van der Waals surface area contributed by atoms with Gasteiger partial charge in [-0.2, -0.15) is 0 Å². The summed E-state index contributed by atoms with van der Waals surface area (Å²) in [6.07, 6.45) is -0.961. The van der Waals surface area contributed by atoms with Gasteiger partial charge in [0, 0.05) is 10.6 Å². The Hall–Kier alpha value is -4.10. The molecule has 2 aromatic carbocycles. The maximum absolute atomic E-state index is 13.2. The first-order valence-corrected chi connectivity index (χ1v) is 16.2. The molecule has 49 heavy (non-hydrogen) atoms. The van der Waals surface area contributed by atoms with Crippen LogP contribution in [0, 0.1) is 5.92 Å². The average Bonchev–Trinajstić information content (AvgIpc) is 3.06. The Morgan fingerprint density at radius 3 is 1.61 bits per heavy atom. The van der Waals surface area contributed by atoms with Gasteiger partial charge in [-0.15, -0.1) is 0 Å². The van der Waals surface area contributed by atoms with Gasteiger partial charge in [-0.05, 0) is 80.1 Å². The summed E-state index contributed by atoms with van der Waals surface area (Å²) in [6, 6.07) is 8.91. The molecule has 0 unspecified atom stereocenters. The molecular formula is C31H47BClN9O7. The number of hydrogen-bond acceptors (Lipinski definition) is 11. The van der Waals surface area contributed by atoms with Gasteiger partial charge < -0.3 is 59.6 Å². The van der Waals surface area contributed by atoms with Crippen molar-refractivity contribution in [2.75, 3.05) is 13.1 Å². The van der Waals surface area contributed by atoms with Crippen molar-refractivity contribution < 1.29 is 34.0 Å². The molecule has 0 saturated heterocycles. The fourth-order valence-corrected chi connectivity index (χ4v) is 4.66. The molecule has 0 heterocycles. The van der Waals surface area contributed by atoms with Gasteiger partial charge in [-0.3, -0.25) is 24.0 Å². The van der Waals surface area contributed by atoms with Crippen LogP contribution in [0.1, 0.15) is 49.9 Å². The van der Waals surface area contributed by atoms with Crippen molar-refractivity contribution >= 4 is 48.3 Å². The van der Waals surface area contributed by atoms with Crippen molar-refractivity contribution in [1.82, 2.24) is 26.6 Å². The first-order chi connectivity index (χ1) is 23.2. The van der Waals surface area contributed by atoms with Crippen LogP contribution in [0.2, 0.25) is 5.02 Å². The molecule has 0 saturated carbocycles. The number of carbonyl (C=O) groups excluding carboxylic acids is 5. The standard InChI is InChI=1S/C31H47BClN9O7/c1-17(2)3-12-22(29(46)42-31(37)32(48)49)40-30(47)25(36)41-28(45)24(14-16-35)39-27(44)23(13-15-34)38-26(43)20-6-4-18(5-7-20)19-8-10-21(33)11-9-19/h4-11,17,22-25,31,48-49H,3,12-16,34-37H2,1-2H3,(H,38,43)(H,39,44)(H,40,47)(H,41,45)(H,42,46)/t22-,23-,24-,25+,31+/m0/s1. The minimum atomic E-state index is -2.04. The van der Waals surface area contributed by atoms with Gasteiger partial charge in [-0.1, -0.05) is 49.7 Å². The second-order valence-corrected chi connectivity index (χ2v) is 12.2. The highest BCUT2D eigenvalue weighted by Gasteiger charge is 2.31. The molecule has 15 N–H and O–H groups in total. The third-order valence-corrected chi connectivity index (χ3v) is 7.62. The molecule has 5 atom stereocenters. The Morgan fingerprint density at radius 2 is 1.10 bits per heavy atom. The monoisotopic (exact) mass is 703 g/mol. The van der Waals surface area contributed by atoms with E-state index in [9.17, 15) is 34.0 Å². The van der Waals surface area contributed by atoms with Gasteiger partial charge in [-0.25, -0.2) is 0 Å². The number of hydrogen-bond donors (Lipinski definition) is 11. The van der Waals surface area contributed by atoms with Crippen molar-refractivity contribution in [2.45, 2.75) is 69.9 Å². The minimum absolute atomic E-state index is 0.0257. The lowest BCUT2D eigenvalue weighted by Gasteiger charge is -2.25. The quantitative estimate of drug-likeness (QED) is 0.0563. The number of amides is 5. The fourth-order valence-electron chi connectivity index (χ4n) is 4.53. The zero-order valence-electron chi connectivity index (χ0n) is 27.5. The highest BCUT2D eigenvalue weighted by Crippen LogP contribution is 2.22. The zero-order valence-corrected chi connectivity index (χ0v) is 28.3. The molecular weight excluding hydrogens is 657 g/mol. The largest absolute Gasteiger partial charge is 0.490 e. The Balaban J connectivity index is 2.06. The Morgan fingerprint density at radius 1 is 0.653 bits per heavy atom. The molecule has 0 aliphatic carbocycles. The average molecular weight is 704 g/mol. The molecule has 268 valence electrons. The van der Waals surface area contributed by atoms with Gasteiger partial charge in [0.2, 0.25) is 17.7 Å². The Labute approximate surface area is 290 Å². The van der Waals surface area contributed by atoms with E-state index in [0.29, 0.717) is 11.4 Å². The molecule has 2 aromatic rings. The summed E-state index contributed by atoms with van der Waals surface area (Å²) in [7, 11) is -2.04. The number of halogens is 1. The SMILES string of the molecule is CC(C)CC[C@H](NC(=O)[C@H](N)NC(=O)[C@H](CCN)NC(=O)[C@H](CCN)NC(=O)c1ccc(-c2ccc(Cl)cc2)cc1)C(=O)N[C@@H](N)B(O)O. The number of rotatable bonds is 19. The molecule has 0 fully saturated rings. The summed E-state index contributed by atoms with van der Waals surface area (Å²) in [5.41, 5.74) is 24.8. The van der Waals surface area contributed by atoms with E-state index in [-0.39, 0.29) is 43.8 Å². The maximum atomic E-state index is 13.2. The van der Waals surface area contributed by atoms with Crippen molar-refractivity contribution in [1.29, 1.82) is 0 Å². The zero-order chi connectivity index (χ0) is 36.7. The smallest absolute Gasteiger partial charge is 0.425 e. The molecule has 0 spiro atoms. The summed E-state index contributed by atoms with van der Waals surface area (Å²) in [4.78, 5) is 65.0. The van der Waals surface area contributed by atoms with Crippen LogP contribution in [-0.2, 0) is 19.2 Å². The first kappa shape index (κ1) is 41.1. The van der Waals surface area contributed by atoms with Gasteiger partial charge in [0.25, 0.3) is 11.8 Å². The third-order valence-electron chi connectivity index (χ3n) is 7.37. The normalized spacial score (nSPS) is 14.1. The summed E-state index contributed by atoms with van der Waals surface area (Å²) < 4.78 is 0. The van der Waals surface area contributed by atoms with Gasteiger partial charge in [0.1, 0.15) is 24.2 Å². The number of nitrogens with one attached hydrogen (secondary N) is 5. The lowest BCUT2D eigenvalue weighted by molar-refractivity contribution is -0.134. The van der Waals surface area contributed by atoms with E-state index in [1.807, 2.05) is 26.0 Å². The second-order valence-electron chi connectivity index (χ2n) is 11.8. The molecule has 0 bridgehead atoms. The number of carbonyl (C=O) groups is 5. The summed E-state index contributed by atoms with van der Waals surface area (Å²) in [5, 5.41) is 31.1. The lowest BCUT2D eigenvalue weighted by Crippen LogP contribution is -2.62. The second kappa shape index (κ2) is 20.4. The summed E-state index contributed by atoms with van der Waals surface area (Å²) in [5.74, 6) is -3.65. The molecule has 0 aromatic heterocycles. The molecule has 16 nitrogen and oxygen atoms in total. The third kappa shape index (κ3) is 13.7. The molecule has 18 heteroatoms. The highest BCUT2D eigenvalue weighted by molar-refractivity contribution is 6.43. The van der Waals surface area contributed by atoms with E-state index in [1.165, 1.54) is 0 Å². The van der Waals surface area contributed by atoms with Gasteiger partial charge in [0.05, 0.1) is 0 Å². The van der Waals surface area contributed by atoms with Crippen molar-refractivity contribution in [2.24, 2.45) is 28.9 Å². The van der Waals surface area contributed by atoms with Crippen LogP contribution in [-0.4, -0.2) is 90.1 Å². The van der Waals surface area contributed by atoms with Gasteiger partial charge in [0.15, 0.2) is 6.17 Å². The van der Waals surface area contributed by atoms with Crippen LogP contribution < -0.4 is 49.5 Å². The summed E-state index contributed by atoms with van der Waals surface area (Å²) in [6.45, 7) is 3.83. The van der Waals surface area contributed by atoms with E-state index >= 15 is 0 Å². The van der Waals surface area contributed by atoms with E-state index < -0.39 is 67.0 Å². The van der Waals surface area contributed by atoms with E-state index in [4.69, 9.17) is 34.5 Å². The molecule has 2 rings (SSSR count). The number of benzene rings is 2. The van der Waals surface area contributed by atoms with Crippen LogP contribution in [0.5, 0.6) is 0 Å². The highest BCUT2D eigenvalue weighted by atomic mass is 35.5. The van der Waals surface area contributed by atoms with Crippen LogP contribution in [0.4, 0.5) is 0 Å². The number of nitrogens with two attached hydrogens (primary N) is 4. The van der Waals surface area contributed by atoms with Crippen molar-refractivity contribution in [3.63, 3.8) is 0 Å². The molecule has 0 radical (unpaired) electrons. The minimum Gasteiger partial charge on any atom is -0.425 e. The fraction of sp³-hybridized carbons (Fsp3) is 0.452. The first-order valence-electron chi connectivity index (χ1n) is 15.8. The van der Waals surface area contributed by atoms with E-state index in [0.717, 1.165) is 11.1 Å². The van der Waals surface area contributed by atoms with E-state index in [2.05, 4.69) is 26.6 Å².